The first-order valence-corrected chi connectivity index (χ1v) is 4.00. The van der Waals surface area contributed by atoms with E-state index in [9.17, 15) is 0 Å². The fourth-order valence-corrected chi connectivity index (χ4v) is 0.882. The van der Waals surface area contributed by atoms with Crippen LogP contribution in [0.4, 0.5) is 0 Å². The average Bonchev–Trinajstić information content (AvgIpc) is 2.17. The van der Waals surface area contributed by atoms with E-state index in [1.807, 2.05) is 36.9 Å². The van der Waals surface area contributed by atoms with Gasteiger partial charge >= 0.3 is 0 Å². The van der Waals surface area contributed by atoms with Gasteiger partial charge in [0.25, 0.3) is 0 Å². The zero-order valence-electron chi connectivity index (χ0n) is 8.06. The van der Waals surface area contributed by atoms with Crippen LogP contribution in [0.3, 0.4) is 0 Å². The van der Waals surface area contributed by atoms with Gasteiger partial charge in [0.2, 0.25) is 0 Å². The topological polar surface area (TPSA) is 38.9 Å². The van der Waals surface area contributed by atoms with Crippen molar-refractivity contribution in [2.75, 3.05) is 7.11 Å². The zero-order chi connectivity index (χ0) is 9.68. The van der Waals surface area contributed by atoms with Crippen molar-refractivity contribution < 1.29 is 4.74 Å². The maximum absolute atomic E-state index is 5.06. The van der Waals surface area contributed by atoms with E-state index >= 15 is 0 Å². The van der Waals surface area contributed by atoms with Crippen LogP contribution in [0.1, 0.15) is 6.92 Å². The van der Waals surface area contributed by atoms with E-state index in [4.69, 9.17) is 4.74 Å². The molecule has 70 valence electrons. The fraction of sp³-hybridized carbons (Fsp3) is 0.333. The highest BCUT2D eigenvalue weighted by Gasteiger charge is 1.91. The number of hydrogen-bond donors (Lipinski definition) is 0. The van der Waals surface area contributed by atoms with Crippen LogP contribution < -0.4 is 10.2 Å². The first-order valence-electron chi connectivity index (χ1n) is 4.00. The first kappa shape index (κ1) is 9.51. The lowest BCUT2D eigenvalue weighted by Gasteiger charge is -2.01. The second kappa shape index (κ2) is 4.45. The predicted molar refractivity (Wildman–Crippen MR) is 51.7 cm³/mol. The van der Waals surface area contributed by atoms with Gasteiger partial charge in [-0.05, 0) is 13.0 Å². The molecule has 1 heterocycles. The van der Waals surface area contributed by atoms with Crippen LogP contribution in [0.5, 0.6) is 5.75 Å². The van der Waals surface area contributed by atoms with Crippen molar-refractivity contribution in [1.29, 1.82) is 0 Å². The molecule has 0 spiro atoms. The smallest absolute Gasteiger partial charge is 0.158 e. The molecule has 0 aliphatic heterocycles. The predicted octanol–water partition coefficient (Wildman–Crippen LogP) is 0.940. The fourth-order valence-electron chi connectivity index (χ4n) is 0.882. The molecule has 1 aromatic heterocycles. The lowest BCUT2D eigenvalue weighted by Crippen LogP contribution is -2.16. The number of pyridine rings is 1. The van der Waals surface area contributed by atoms with Gasteiger partial charge in [0, 0.05) is 25.5 Å². The van der Waals surface area contributed by atoms with Crippen molar-refractivity contribution in [1.82, 2.24) is 4.57 Å². The molecule has 13 heavy (non-hydrogen) atoms. The van der Waals surface area contributed by atoms with E-state index in [2.05, 4.69) is 10.2 Å². The number of hydrogen-bond acceptors (Lipinski definition) is 3. The summed E-state index contributed by atoms with van der Waals surface area (Å²) in [5.74, 6) is 0.781. The second-order valence-corrected chi connectivity index (χ2v) is 2.51. The van der Waals surface area contributed by atoms with Gasteiger partial charge in [-0.15, -0.1) is 5.10 Å². The van der Waals surface area contributed by atoms with Crippen LogP contribution >= 0.6 is 0 Å². The molecule has 4 nitrogen and oxygen atoms in total. The average molecular weight is 179 g/mol. The van der Waals surface area contributed by atoms with Crippen LogP contribution in [0, 0.1) is 0 Å². The quantitative estimate of drug-likeness (QED) is 0.492. The van der Waals surface area contributed by atoms with Gasteiger partial charge in [-0.2, -0.15) is 5.10 Å². The summed E-state index contributed by atoms with van der Waals surface area (Å²) >= 11 is 0. The van der Waals surface area contributed by atoms with Crippen LogP contribution in [-0.2, 0) is 7.05 Å². The normalized spacial score (nSPS) is 12.4. The second-order valence-electron chi connectivity index (χ2n) is 2.51. The Kier molecular flexibility index (Phi) is 3.25. The van der Waals surface area contributed by atoms with Gasteiger partial charge in [-0.3, -0.25) is 0 Å². The van der Waals surface area contributed by atoms with Crippen molar-refractivity contribution in [3.63, 3.8) is 0 Å². The standard InChI is InChI=1S/C9H13N3O/c1-4-10-11-9-7-8(13-3)5-6-12(9)2/h4-7H,1-3H3/b10-4-,11-9+. The number of aromatic nitrogens is 1. The minimum atomic E-state index is 0.762. The van der Waals surface area contributed by atoms with Gasteiger partial charge in [-0.25, -0.2) is 0 Å². The molecule has 0 amide bonds. The summed E-state index contributed by atoms with van der Waals surface area (Å²) in [5.41, 5.74) is 0.762. The van der Waals surface area contributed by atoms with Gasteiger partial charge in [0.1, 0.15) is 5.75 Å². The molecule has 0 aromatic carbocycles. The van der Waals surface area contributed by atoms with E-state index in [1.54, 1.807) is 13.3 Å². The van der Waals surface area contributed by atoms with Crippen LogP contribution in [0.15, 0.2) is 28.5 Å². The van der Waals surface area contributed by atoms with E-state index < -0.39 is 0 Å². The largest absolute Gasteiger partial charge is 0.497 e. The lowest BCUT2D eigenvalue weighted by atomic mass is 10.4. The third kappa shape index (κ3) is 2.43. The molecule has 0 unspecified atom stereocenters. The number of rotatable bonds is 2. The first-order chi connectivity index (χ1) is 6.27. The molecule has 0 N–H and O–H groups in total. The summed E-state index contributed by atoms with van der Waals surface area (Å²) in [6, 6.07) is 3.70. The van der Waals surface area contributed by atoms with Gasteiger partial charge < -0.3 is 9.30 Å². The monoisotopic (exact) mass is 179 g/mol. The molecule has 0 fully saturated rings. The van der Waals surface area contributed by atoms with Crippen molar-refractivity contribution in [3.05, 3.63) is 23.8 Å². The maximum atomic E-state index is 5.06. The summed E-state index contributed by atoms with van der Waals surface area (Å²) in [6.07, 6.45) is 3.52. The van der Waals surface area contributed by atoms with Crippen molar-refractivity contribution >= 4 is 6.21 Å². The zero-order valence-corrected chi connectivity index (χ0v) is 8.06. The van der Waals surface area contributed by atoms with Crippen molar-refractivity contribution in [3.8, 4) is 5.75 Å². The molecule has 0 bridgehead atoms. The minimum Gasteiger partial charge on any atom is -0.497 e. The number of methoxy groups -OCH3 is 1. The van der Waals surface area contributed by atoms with E-state index in [-0.39, 0.29) is 0 Å². The molecule has 0 saturated heterocycles. The Morgan fingerprint density at radius 1 is 1.54 bits per heavy atom. The highest BCUT2D eigenvalue weighted by Crippen LogP contribution is 2.02. The summed E-state index contributed by atoms with van der Waals surface area (Å²) in [6.45, 7) is 1.82. The van der Waals surface area contributed by atoms with Gasteiger partial charge in [-0.1, -0.05) is 0 Å². The minimum absolute atomic E-state index is 0.762. The van der Waals surface area contributed by atoms with Gasteiger partial charge in [0.05, 0.1) is 7.11 Å². The molecular formula is C9H13N3O. The molecule has 0 aliphatic carbocycles. The van der Waals surface area contributed by atoms with E-state index in [0.29, 0.717) is 0 Å². The highest BCUT2D eigenvalue weighted by molar-refractivity contribution is 5.52. The molecule has 1 aromatic rings. The van der Waals surface area contributed by atoms with E-state index in [1.165, 1.54) is 0 Å². The van der Waals surface area contributed by atoms with Crippen LogP contribution in [0.25, 0.3) is 0 Å². The molecule has 0 atom stereocenters. The number of nitrogens with zero attached hydrogens (tertiary/aromatic N) is 3. The Morgan fingerprint density at radius 2 is 2.31 bits per heavy atom. The van der Waals surface area contributed by atoms with Crippen LogP contribution in [-0.4, -0.2) is 17.9 Å². The molecular weight excluding hydrogens is 166 g/mol. The Balaban J connectivity index is 3.18. The van der Waals surface area contributed by atoms with Crippen molar-refractivity contribution in [2.45, 2.75) is 6.92 Å². The highest BCUT2D eigenvalue weighted by atomic mass is 16.5. The van der Waals surface area contributed by atoms with Gasteiger partial charge in [0.15, 0.2) is 5.49 Å². The number of aryl methyl sites for hydroxylation is 1. The summed E-state index contributed by atoms with van der Waals surface area (Å²) in [4.78, 5) is 0. The summed E-state index contributed by atoms with van der Waals surface area (Å²) in [5, 5.41) is 7.79. The van der Waals surface area contributed by atoms with Crippen LogP contribution in [0.2, 0.25) is 0 Å². The lowest BCUT2D eigenvalue weighted by molar-refractivity contribution is 0.412. The maximum Gasteiger partial charge on any atom is 0.158 e. The SMILES string of the molecule is C/C=N\N=c1/cc(OC)ccn1C. The Bertz CT molecular complexity index is 365. The summed E-state index contributed by atoms with van der Waals surface area (Å²) < 4.78 is 6.94. The molecule has 4 heteroatoms. The molecule has 0 radical (unpaired) electrons. The Hall–Kier alpha value is -1.58. The third-order valence-electron chi connectivity index (χ3n) is 1.61. The summed E-state index contributed by atoms with van der Waals surface area (Å²) in [7, 11) is 3.53. The van der Waals surface area contributed by atoms with Crippen molar-refractivity contribution in [2.24, 2.45) is 17.3 Å². The molecule has 1 rings (SSSR count). The third-order valence-corrected chi connectivity index (χ3v) is 1.61. The van der Waals surface area contributed by atoms with E-state index in [0.717, 1.165) is 11.2 Å². The number of ether oxygens (including phenoxy) is 1. The Morgan fingerprint density at radius 3 is 2.92 bits per heavy atom. The molecule has 0 aliphatic rings. The molecule has 0 saturated carbocycles. The Labute approximate surface area is 77.2 Å².